The number of nitrogen functional groups attached to an aromatic ring is 1. The Kier molecular flexibility index (Phi) is 3.77. The average molecular weight is 238 g/mol. The number of nitrogens with one attached hydrogen (secondary N) is 1. The minimum Gasteiger partial charge on any atom is -0.399 e. The number of rotatable bonds is 4. The molecule has 2 rings (SSSR count). The van der Waals surface area contributed by atoms with Crippen LogP contribution in [0.25, 0.3) is 0 Å². The molecule has 2 aromatic rings. The van der Waals surface area contributed by atoms with Crippen LogP contribution in [0.15, 0.2) is 42.7 Å². The first-order valence-electron chi connectivity index (χ1n) is 5.72. The van der Waals surface area contributed by atoms with Gasteiger partial charge in [-0.25, -0.2) is 0 Å². The van der Waals surface area contributed by atoms with Crippen molar-refractivity contribution in [3.05, 3.63) is 53.9 Å². The number of benzene rings is 1. The third-order valence-electron chi connectivity index (χ3n) is 2.62. The van der Waals surface area contributed by atoms with Gasteiger partial charge in [0.1, 0.15) is 6.07 Å². The average Bonchev–Trinajstić information content (AvgIpc) is 2.41. The fourth-order valence-corrected chi connectivity index (χ4v) is 1.70. The van der Waals surface area contributed by atoms with Crippen LogP contribution >= 0.6 is 0 Å². The van der Waals surface area contributed by atoms with E-state index in [1.54, 1.807) is 18.3 Å². The van der Waals surface area contributed by atoms with Gasteiger partial charge < -0.3 is 11.1 Å². The Morgan fingerprint density at radius 2 is 2.22 bits per heavy atom. The van der Waals surface area contributed by atoms with Crippen molar-refractivity contribution in [3.63, 3.8) is 0 Å². The van der Waals surface area contributed by atoms with Crippen LogP contribution in [-0.4, -0.2) is 11.5 Å². The number of nitriles is 1. The lowest BCUT2D eigenvalue weighted by atomic mass is 10.1. The molecule has 0 saturated carbocycles. The fourth-order valence-electron chi connectivity index (χ4n) is 1.70. The highest BCUT2D eigenvalue weighted by Gasteiger charge is 2.01. The number of hydrogen-bond acceptors (Lipinski definition) is 4. The van der Waals surface area contributed by atoms with Gasteiger partial charge >= 0.3 is 0 Å². The molecule has 0 bridgehead atoms. The fraction of sp³-hybridized carbons (Fsp3) is 0.143. The van der Waals surface area contributed by atoms with Gasteiger partial charge in [-0.3, -0.25) is 4.98 Å². The number of anilines is 2. The summed E-state index contributed by atoms with van der Waals surface area (Å²) in [6.07, 6.45) is 4.46. The number of hydrogen-bond donors (Lipinski definition) is 2. The molecule has 0 unspecified atom stereocenters. The van der Waals surface area contributed by atoms with E-state index in [9.17, 15) is 0 Å². The van der Waals surface area contributed by atoms with Crippen molar-refractivity contribution >= 4 is 11.4 Å². The summed E-state index contributed by atoms with van der Waals surface area (Å²) in [6.45, 7) is 0.754. The van der Waals surface area contributed by atoms with Crippen molar-refractivity contribution in [2.75, 3.05) is 17.6 Å². The maximum Gasteiger partial charge on any atom is 0.101 e. The molecule has 1 aromatic heterocycles. The van der Waals surface area contributed by atoms with Crippen LogP contribution < -0.4 is 11.1 Å². The summed E-state index contributed by atoms with van der Waals surface area (Å²) in [5.74, 6) is 0. The molecule has 3 N–H and O–H groups in total. The van der Waals surface area contributed by atoms with E-state index in [0.29, 0.717) is 11.3 Å². The lowest BCUT2D eigenvalue weighted by Gasteiger charge is -2.08. The zero-order valence-electron chi connectivity index (χ0n) is 9.93. The second kappa shape index (κ2) is 5.69. The molecule has 1 heterocycles. The third-order valence-corrected chi connectivity index (χ3v) is 2.62. The molecule has 1 aromatic carbocycles. The lowest BCUT2D eigenvalue weighted by Crippen LogP contribution is -2.06. The topological polar surface area (TPSA) is 74.7 Å². The monoisotopic (exact) mass is 238 g/mol. The Hall–Kier alpha value is -2.54. The molecule has 4 heteroatoms. The zero-order valence-corrected chi connectivity index (χ0v) is 9.93. The van der Waals surface area contributed by atoms with E-state index >= 15 is 0 Å². The molecule has 18 heavy (non-hydrogen) atoms. The van der Waals surface area contributed by atoms with E-state index in [2.05, 4.69) is 16.4 Å². The highest BCUT2D eigenvalue weighted by Crippen LogP contribution is 2.17. The molecule has 0 aliphatic rings. The van der Waals surface area contributed by atoms with Crippen molar-refractivity contribution in [1.82, 2.24) is 4.98 Å². The van der Waals surface area contributed by atoms with Crippen LogP contribution in [0.3, 0.4) is 0 Å². The lowest BCUT2D eigenvalue weighted by molar-refractivity contribution is 1.00. The molecule has 0 atom stereocenters. The first-order valence-corrected chi connectivity index (χ1v) is 5.72. The molecule has 4 nitrogen and oxygen atoms in total. The highest BCUT2D eigenvalue weighted by molar-refractivity contribution is 5.62. The molecule has 0 aliphatic heterocycles. The molecule has 0 saturated heterocycles. The Morgan fingerprint density at radius 1 is 1.33 bits per heavy atom. The molecule has 0 radical (unpaired) electrons. The van der Waals surface area contributed by atoms with E-state index in [1.165, 1.54) is 5.56 Å². The van der Waals surface area contributed by atoms with E-state index in [0.717, 1.165) is 18.7 Å². The summed E-state index contributed by atoms with van der Waals surface area (Å²) >= 11 is 0. The maximum atomic E-state index is 9.00. The van der Waals surface area contributed by atoms with Gasteiger partial charge in [-0.2, -0.15) is 5.26 Å². The predicted molar refractivity (Wildman–Crippen MR) is 72.0 cm³/mol. The quantitative estimate of drug-likeness (QED) is 0.801. The van der Waals surface area contributed by atoms with Gasteiger partial charge in [0.25, 0.3) is 0 Å². The molecule has 0 aliphatic carbocycles. The third kappa shape index (κ3) is 2.98. The standard InChI is InChI=1S/C14H14N4/c15-9-12-8-13(16)3-4-14(12)18-7-5-11-2-1-6-17-10-11/h1-4,6,8,10,18H,5,7,16H2. The van der Waals surface area contributed by atoms with Crippen LogP contribution in [0.2, 0.25) is 0 Å². The molecule has 0 spiro atoms. The van der Waals surface area contributed by atoms with Gasteiger partial charge in [0.15, 0.2) is 0 Å². The summed E-state index contributed by atoms with van der Waals surface area (Å²) in [4.78, 5) is 4.06. The van der Waals surface area contributed by atoms with Crippen molar-refractivity contribution in [2.45, 2.75) is 6.42 Å². The first kappa shape index (κ1) is 11.9. The minimum absolute atomic E-state index is 0.571. The zero-order chi connectivity index (χ0) is 12.8. The Morgan fingerprint density at radius 3 is 2.94 bits per heavy atom. The minimum atomic E-state index is 0.571. The largest absolute Gasteiger partial charge is 0.399 e. The van der Waals surface area contributed by atoms with Gasteiger partial charge in [-0.1, -0.05) is 6.07 Å². The summed E-state index contributed by atoms with van der Waals surface area (Å²) < 4.78 is 0. The summed E-state index contributed by atoms with van der Waals surface area (Å²) in [7, 11) is 0. The smallest absolute Gasteiger partial charge is 0.101 e. The Bertz CT molecular complexity index is 558. The van der Waals surface area contributed by atoms with Gasteiger partial charge in [0.2, 0.25) is 0 Å². The van der Waals surface area contributed by atoms with Crippen LogP contribution in [0.4, 0.5) is 11.4 Å². The van der Waals surface area contributed by atoms with Crippen molar-refractivity contribution in [2.24, 2.45) is 0 Å². The van der Waals surface area contributed by atoms with Crippen LogP contribution in [0, 0.1) is 11.3 Å². The van der Waals surface area contributed by atoms with E-state index in [1.807, 2.05) is 24.4 Å². The molecule has 0 amide bonds. The highest BCUT2D eigenvalue weighted by atomic mass is 14.9. The molecular weight excluding hydrogens is 224 g/mol. The number of pyridine rings is 1. The first-order chi connectivity index (χ1) is 8.79. The van der Waals surface area contributed by atoms with Gasteiger partial charge in [-0.15, -0.1) is 0 Å². The maximum absolute atomic E-state index is 9.00. The van der Waals surface area contributed by atoms with Crippen molar-refractivity contribution in [3.8, 4) is 6.07 Å². The second-order valence-electron chi connectivity index (χ2n) is 3.95. The SMILES string of the molecule is N#Cc1cc(N)ccc1NCCc1cccnc1. The second-order valence-corrected chi connectivity index (χ2v) is 3.95. The Balaban J connectivity index is 1.97. The summed E-state index contributed by atoms with van der Waals surface area (Å²) in [5.41, 5.74) is 8.79. The Labute approximate surface area is 106 Å². The van der Waals surface area contributed by atoms with Gasteiger partial charge in [0.05, 0.1) is 11.3 Å². The number of aromatic nitrogens is 1. The van der Waals surface area contributed by atoms with Crippen LogP contribution in [0.1, 0.15) is 11.1 Å². The van der Waals surface area contributed by atoms with Crippen LogP contribution in [0.5, 0.6) is 0 Å². The van der Waals surface area contributed by atoms with E-state index in [-0.39, 0.29) is 0 Å². The van der Waals surface area contributed by atoms with E-state index < -0.39 is 0 Å². The number of nitrogens with zero attached hydrogens (tertiary/aromatic N) is 2. The molecular formula is C14H14N4. The van der Waals surface area contributed by atoms with Crippen molar-refractivity contribution < 1.29 is 0 Å². The van der Waals surface area contributed by atoms with Gasteiger partial charge in [0, 0.05) is 24.6 Å². The molecule has 0 fully saturated rings. The van der Waals surface area contributed by atoms with Crippen molar-refractivity contribution in [1.29, 1.82) is 5.26 Å². The molecule has 90 valence electrons. The van der Waals surface area contributed by atoms with Gasteiger partial charge in [-0.05, 0) is 36.2 Å². The van der Waals surface area contributed by atoms with Crippen LogP contribution in [-0.2, 0) is 6.42 Å². The van der Waals surface area contributed by atoms with E-state index in [4.69, 9.17) is 11.0 Å². The summed E-state index contributed by atoms with van der Waals surface area (Å²) in [5, 5.41) is 12.2. The predicted octanol–water partition coefficient (Wildman–Crippen LogP) is 2.19. The number of nitrogens with two attached hydrogens (primary N) is 1. The normalized spacial score (nSPS) is 9.72. The summed E-state index contributed by atoms with van der Waals surface area (Å²) in [6, 6.07) is 11.4.